The Labute approximate surface area is 135 Å². The van der Waals surface area contributed by atoms with Crippen molar-refractivity contribution in [3.05, 3.63) is 30.4 Å². The van der Waals surface area contributed by atoms with Crippen LogP contribution in [0.4, 0.5) is 0 Å². The summed E-state index contributed by atoms with van der Waals surface area (Å²) in [7, 11) is -0.439. The molecule has 0 N–H and O–H groups in total. The van der Waals surface area contributed by atoms with Crippen molar-refractivity contribution in [1.29, 1.82) is 0 Å². The van der Waals surface area contributed by atoms with E-state index < -0.39 is 13.1 Å². The molecule has 0 aromatic carbocycles. The van der Waals surface area contributed by atoms with E-state index in [1.165, 1.54) is 0 Å². The van der Waals surface area contributed by atoms with Crippen LogP contribution < -0.4 is 5.46 Å². The number of ether oxygens (including phenoxy) is 1. The van der Waals surface area contributed by atoms with Crippen molar-refractivity contribution in [2.75, 3.05) is 6.61 Å². The van der Waals surface area contributed by atoms with Crippen LogP contribution in [-0.2, 0) is 14.0 Å². The third kappa shape index (κ3) is 2.75. The minimum absolute atomic E-state index is 0.290. The summed E-state index contributed by atoms with van der Waals surface area (Å²) in [5.74, 6) is -0.423. The number of rotatable bonds is 3. The lowest BCUT2D eigenvalue weighted by atomic mass is 9.81. The summed E-state index contributed by atoms with van der Waals surface area (Å²) in [5.41, 5.74) is 1.25. The normalized spacial score (nSPS) is 19.3. The maximum absolute atomic E-state index is 11.8. The topological polar surface area (TPSA) is 62.1 Å². The predicted molar refractivity (Wildman–Crippen MR) is 86.9 cm³/mol. The molecule has 23 heavy (non-hydrogen) atoms. The number of carbonyl (C=O) groups excluding carboxylic acids is 1. The molecule has 3 heterocycles. The molecule has 0 unspecified atom stereocenters. The van der Waals surface area contributed by atoms with Crippen LogP contribution in [0.1, 0.15) is 45.1 Å². The van der Waals surface area contributed by atoms with Crippen molar-refractivity contribution in [3.8, 4) is 0 Å². The van der Waals surface area contributed by atoms with Gasteiger partial charge in [-0.2, -0.15) is 0 Å². The quantitative estimate of drug-likeness (QED) is 0.638. The Morgan fingerprint density at radius 2 is 1.91 bits per heavy atom. The Morgan fingerprint density at radius 1 is 1.26 bits per heavy atom. The van der Waals surface area contributed by atoms with Crippen molar-refractivity contribution < 1.29 is 18.8 Å². The van der Waals surface area contributed by atoms with Crippen molar-refractivity contribution in [3.63, 3.8) is 0 Å². The molecule has 1 aliphatic heterocycles. The molecule has 2 aromatic rings. The summed E-state index contributed by atoms with van der Waals surface area (Å²) < 4.78 is 18.9. The van der Waals surface area contributed by atoms with Crippen LogP contribution in [0.3, 0.4) is 0 Å². The van der Waals surface area contributed by atoms with Crippen molar-refractivity contribution in [1.82, 2.24) is 9.38 Å². The van der Waals surface area contributed by atoms with E-state index in [2.05, 4.69) is 4.98 Å². The number of hydrogen-bond donors (Lipinski definition) is 0. The fourth-order valence-electron chi connectivity index (χ4n) is 2.46. The molecule has 0 aliphatic carbocycles. The summed E-state index contributed by atoms with van der Waals surface area (Å²) in [6.45, 7) is 10.2. The molecule has 0 amide bonds. The molecule has 2 aromatic heterocycles. The molecular formula is C16H21BN2O4. The summed E-state index contributed by atoms with van der Waals surface area (Å²) in [6, 6.07) is 3.64. The highest BCUT2D eigenvalue weighted by atomic mass is 16.7. The van der Waals surface area contributed by atoms with Gasteiger partial charge in [-0.25, -0.2) is 9.78 Å². The summed E-state index contributed by atoms with van der Waals surface area (Å²) in [6.07, 6.45) is 3.50. The summed E-state index contributed by atoms with van der Waals surface area (Å²) >= 11 is 0. The molecular weight excluding hydrogens is 295 g/mol. The van der Waals surface area contributed by atoms with Crippen LogP contribution in [0.15, 0.2) is 24.7 Å². The van der Waals surface area contributed by atoms with Crippen LogP contribution in [0.5, 0.6) is 0 Å². The van der Waals surface area contributed by atoms with Gasteiger partial charge in [0.15, 0.2) is 5.69 Å². The lowest BCUT2D eigenvalue weighted by Gasteiger charge is -2.32. The van der Waals surface area contributed by atoms with Crippen LogP contribution in [0.2, 0.25) is 0 Å². The molecule has 0 radical (unpaired) electrons. The number of nitrogens with zero attached hydrogens (tertiary/aromatic N) is 2. The predicted octanol–water partition coefficient (Wildman–Crippen LogP) is 1.81. The summed E-state index contributed by atoms with van der Waals surface area (Å²) in [5, 5.41) is 0. The first kappa shape index (κ1) is 16.0. The van der Waals surface area contributed by atoms with Gasteiger partial charge >= 0.3 is 13.1 Å². The molecule has 6 nitrogen and oxygen atoms in total. The Morgan fingerprint density at radius 3 is 2.52 bits per heavy atom. The number of hydrogen-bond acceptors (Lipinski definition) is 5. The third-order valence-corrected chi connectivity index (χ3v) is 4.52. The average molecular weight is 316 g/mol. The highest BCUT2D eigenvalue weighted by Gasteiger charge is 2.51. The zero-order valence-electron chi connectivity index (χ0n) is 14.1. The second kappa shape index (κ2) is 5.35. The van der Waals surface area contributed by atoms with E-state index in [0.29, 0.717) is 6.61 Å². The molecule has 7 heteroatoms. The van der Waals surface area contributed by atoms with Gasteiger partial charge in [0.25, 0.3) is 0 Å². The maximum Gasteiger partial charge on any atom is 0.496 e. The monoisotopic (exact) mass is 316 g/mol. The van der Waals surface area contributed by atoms with Gasteiger partial charge in [0.1, 0.15) is 6.33 Å². The Bertz CT molecular complexity index is 738. The molecule has 1 saturated heterocycles. The largest absolute Gasteiger partial charge is 0.496 e. The standard InChI is InChI=1S/C16H21BN2O4/c1-6-21-14(20)13-8-12-7-11(9-19(12)10-18-13)17-22-15(2,3)16(4,5)23-17/h7-10H,6H2,1-5H3. The highest BCUT2D eigenvalue weighted by molar-refractivity contribution is 6.62. The fourth-order valence-corrected chi connectivity index (χ4v) is 2.46. The van der Waals surface area contributed by atoms with Gasteiger partial charge in [-0.05, 0) is 46.8 Å². The molecule has 1 aliphatic rings. The van der Waals surface area contributed by atoms with Gasteiger partial charge in [-0.3, -0.25) is 0 Å². The first-order valence-corrected chi connectivity index (χ1v) is 7.74. The van der Waals surface area contributed by atoms with Crippen LogP contribution >= 0.6 is 0 Å². The smallest absolute Gasteiger partial charge is 0.461 e. The average Bonchev–Trinajstić information content (AvgIpc) is 2.97. The van der Waals surface area contributed by atoms with Crippen molar-refractivity contribution >= 4 is 24.1 Å². The first-order valence-electron chi connectivity index (χ1n) is 7.74. The number of carbonyl (C=O) groups is 1. The zero-order chi connectivity index (χ0) is 16.8. The first-order chi connectivity index (χ1) is 10.7. The van der Waals surface area contributed by atoms with E-state index >= 15 is 0 Å². The van der Waals surface area contributed by atoms with E-state index in [1.54, 1.807) is 19.3 Å². The summed E-state index contributed by atoms with van der Waals surface area (Å²) in [4.78, 5) is 15.9. The molecule has 0 bridgehead atoms. The van der Waals surface area contributed by atoms with E-state index in [0.717, 1.165) is 11.0 Å². The van der Waals surface area contributed by atoms with Gasteiger partial charge in [-0.1, -0.05) is 0 Å². The molecule has 0 spiro atoms. The van der Waals surface area contributed by atoms with Gasteiger partial charge in [0.2, 0.25) is 0 Å². The van der Waals surface area contributed by atoms with Crippen LogP contribution in [-0.4, -0.2) is 40.3 Å². The van der Waals surface area contributed by atoms with E-state index in [1.807, 2.05) is 44.4 Å². The third-order valence-electron chi connectivity index (χ3n) is 4.52. The van der Waals surface area contributed by atoms with E-state index in [-0.39, 0.29) is 16.9 Å². The van der Waals surface area contributed by atoms with E-state index in [4.69, 9.17) is 14.0 Å². The highest BCUT2D eigenvalue weighted by Crippen LogP contribution is 2.36. The molecule has 3 rings (SSSR count). The molecule has 0 atom stereocenters. The number of fused-ring (bicyclic) bond motifs is 1. The van der Waals surface area contributed by atoms with Gasteiger partial charge in [-0.15, -0.1) is 0 Å². The lowest BCUT2D eigenvalue weighted by molar-refractivity contribution is 0.00578. The lowest BCUT2D eigenvalue weighted by Crippen LogP contribution is -2.41. The molecule has 0 saturated carbocycles. The maximum atomic E-state index is 11.8. The van der Waals surface area contributed by atoms with Gasteiger partial charge in [0, 0.05) is 17.2 Å². The second-order valence-electron chi connectivity index (χ2n) is 6.69. The minimum Gasteiger partial charge on any atom is -0.461 e. The van der Waals surface area contributed by atoms with Gasteiger partial charge in [0.05, 0.1) is 17.8 Å². The fraction of sp³-hybridized carbons (Fsp3) is 0.500. The molecule has 1 fully saturated rings. The SMILES string of the molecule is CCOC(=O)c1cc2cc(B3OC(C)(C)C(C)(C)O3)cn2cn1. The number of aromatic nitrogens is 2. The van der Waals surface area contributed by atoms with Crippen molar-refractivity contribution in [2.24, 2.45) is 0 Å². The molecule has 122 valence electrons. The Hall–Kier alpha value is -1.86. The van der Waals surface area contributed by atoms with Gasteiger partial charge < -0.3 is 18.4 Å². The van der Waals surface area contributed by atoms with Crippen molar-refractivity contribution in [2.45, 2.75) is 45.8 Å². The second-order valence-corrected chi connectivity index (χ2v) is 6.69. The van der Waals surface area contributed by atoms with E-state index in [9.17, 15) is 4.79 Å². The van der Waals surface area contributed by atoms with Crippen LogP contribution in [0.25, 0.3) is 5.52 Å². The Balaban J connectivity index is 1.91. The minimum atomic E-state index is -0.439. The number of esters is 1. The Kier molecular flexibility index (Phi) is 3.73. The van der Waals surface area contributed by atoms with Crippen LogP contribution in [0, 0.1) is 0 Å². The zero-order valence-corrected chi connectivity index (χ0v) is 14.1.